The number of aryl methyl sites for hydroxylation is 2. The highest BCUT2D eigenvalue weighted by atomic mass is 32.1. The Kier molecular flexibility index (Phi) is 3.54. The lowest BCUT2D eigenvalue weighted by molar-refractivity contribution is 0.189. The van der Waals surface area contributed by atoms with Crippen molar-refractivity contribution in [1.29, 1.82) is 0 Å². The molecule has 0 saturated carbocycles. The SMILES string of the molecule is Cc1sc2ncn(C(CO)C(C)C)c(=O)c2c1C. The molecular weight excluding hydrogens is 248 g/mol. The molecular formula is C13H18N2O2S. The van der Waals surface area contributed by atoms with Crippen LogP contribution in [0.4, 0.5) is 0 Å². The molecule has 0 aliphatic rings. The zero-order valence-electron chi connectivity index (χ0n) is 11.1. The fourth-order valence-electron chi connectivity index (χ4n) is 2.10. The third-order valence-electron chi connectivity index (χ3n) is 3.43. The van der Waals surface area contributed by atoms with E-state index in [1.54, 1.807) is 22.2 Å². The van der Waals surface area contributed by atoms with Gasteiger partial charge in [0.2, 0.25) is 0 Å². The second-order valence-corrected chi connectivity index (χ2v) is 6.12. The molecule has 2 aromatic rings. The summed E-state index contributed by atoms with van der Waals surface area (Å²) >= 11 is 1.54. The van der Waals surface area contributed by atoms with Gasteiger partial charge in [-0.2, -0.15) is 0 Å². The fourth-order valence-corrected chi connectivity index (χ4v) is 3.09. The van der Waals surface area contributed by atoms with Crippen LogP contribution in [0.25, 0.3) is 10.2 Å². The van der Waals surface area contributed by atoms with Crippen LogP contribution in [0, 0.1) is 19.8 Å². The molecule has 1 atom stereocenters. The number of thiophene rings is 1. The van der Waals surface area contributed by atoms with Crippen LogP contribution in [0.15, 0.2) is 11.1 Å². The van der Waals surface area contributed by atoms with Gasteiger partial charge in [-0.25, -0.2) is 4.98 Å². The van der Waals surface area contributed by atoms with Gasteiger partial charge in [-0.3, -0.25) is 9.36 Å². The van der Waals surface area contributed by atoms with Gasteiger partial charge in [0.1, 0.15) is 4.83 Å². The summed E-state index contributed by atoms with van der Waals surface area (Å²) in [5.41, 5.74) is 0.955. The van der Waals surface area contributed by atoms with E-state index in [1.165, 1.54) is 0 Å². The maximum absolute atomic E-state index is 12.5. The topological polar surface area (TPSA) is 55.1 Å². The van der Waals surface area contributed by atoms with Gasteiger partial charge in [0, 0.05) is 4.88 Å². The minimum Gasteiger partial charge on any atom is -0.394 e. The van der Waals surface area contributed by atoms with E-state index in [9.17, 15) is 9.90 Å². The Labute approximate surface area is 110 Å². The minimum absolute atomic E-state index is 0.0467. The summed E-state index contributed by atoms with van der Waals surface area (Å²) in [6, 6.07) is -0.214. The summed E-state index contributed by atoms with van der Waals surface area (Å²) in [6.07, 6.45) is 1.56. The molecule has 0 aromatic carbocycles. The molecule has 0 fully saturated rings. The first-order valence-corrected chi connectivity index (χ1v) is 6.86. The number of hydrogen-bond donors (Lipinski definition) is 1. The van der Waals surface area contributed by atoms with Gasteiger partial charge in [0.05, 0.1) is 24.4 Å². The number of aliphatic hydroxyl groups is 1. The van der Waals surface area contributed by atoms with E-state index in [-0.39, 0.29) is 24.1 Å². The normalized spacial score (nSPS) is 13.4. The van der Waals surface area contributed by atoms with Crippen molar-refractivity contribution in [2.24, 2.45) is 5.92 Å². The molecule has 1 unspecified atom stereocenters. The Bertz CT molecular complexity index is 628. The summed E-state index contributed by atoms with van der Waals surface area (Å²) in [7, 11) is 0. The van der Waals surface area contributed by atoms with Crippen LogP contribution in [-0.4, -0.2) is 21.3 Å². The average molecular weight is 266 g/mol. The third-order valence-corrected chi connectivity index (χ3v) is 4.54. The molecule has 1 N–H and O–H groups in total. The summed E-state index contributed by atoms with van der Waals surface area (Å²) in [5.74, 6) is 0.187. The summed E-state index contributed by atoms with van der Waals surface area (Å²) in [4.78, 5) is 18.7. The first-order chi connectivity index (χ1) is 8.47. The number of fused-ring (bicyclic) bond motifs is 1. The molecule has 0 saturated heterocycles. The minimum atomic E-state index is -0.214. The molecule has 4 nitrogen and oxygen atoms in total. The number of nitrogens with zero attached hydrogens (tertiary/aromatic N) is 2. The smallest absolute Gasteiger partial charge is 0.262 e. The number of aliphatic hydroxyl groups excluding tert-OH is 1. The Balaban J connectivity index is 2.71. The van der Waals surface area contributed by atoms with Gasteiger partial charge in [0.15, 0.2) is 0 Å². The second-order valence-electron chi connectivity index (χ2n) is 4.91. The molecule has 2 heterocycles. The van der Waals surface area contributed by atoms with Gasteiger partial charge >= 0.3 is 0 Å². The lowest BCUT2D eigenvalue weighted by atomic mass is 10.1. The van der Waals surface area contributed by atoms with Crippen LogP contribution in [0.3, 0.4) is 0 Å². The van der Waals surface area contributed by atoms with Crippen molar-refractivity contribution < 1.29 is 5.11 Å². The van der Waals surface area contributed by atoms with Crippen LogP contribution in [0.2, 0.25) is 0 Å². The summed E-state index contributed by atoms with van der Waals surface area (Å²) in [6.45, 7) is 7.88. The van der Waals surface area contributed by atoms with E-state index >= 15 is 0 Å². The van der Waals surface area contributed by atoms with Gasteiger partial charge in [-0.15, -0.1) is 11.3 Å². The Hall–Kier alpha value is -1.20. The molecule has 0 aliphatic carbocycles. The fraction of sp³-hybridized carbons (Fsp3) is 0.538. The van der Waals surface area contributed by atoms with Crippen LogP contribution in [0.1, 0.15) is 30.3 Å². The molecule has 0 spiro atoms. The molecule has 0 bridgehead atoms. The first kappa shape index (κ1) is 13.2. The Morgan fingerprint density at radius 2 is 2.11 bits per heavy atom. The maximum Gasteiger partial charge on any atom is 0.262 e. The molecule has 98 valence electrons. The molecule has 0 amide bonds. The van der Waals surface area contributed by atoms with E-state index in [2.05, 4.69) is 4.98 Å². The summed E-state index contributed by atoms with van der Waals surface area (Å²) in [5, 5.41) is 10.1. The standard InChI is InChI=1S/C13H18N2O2S/c1-7(2)10(5-16)15-6-14-12-11(13(15)17)8(3)9(4)18-12/h6-7,10,16H,5H2,1-4H3. The van der Waals surface area contributed by atoms with Crippen molar-refractivity contribution in [3.63, 3.8) is 0 Å². The van der Waals surface area contributed by atoms with E-state index in [4.69, 9.17) is 0 Å². The highest BCUT2D eigenvalue weighted by Gasteiger charge is 2.19. The van der Waals surface area contributed by atoms with Crippen molar-refractivity contribution in [2.75, 3.05) is 6.61 Å². The maximum atomic E-state index is 12.5. The zero-order valence-corrected chi connectivity index (χ0v) is 11.9. The van der Waals surface area contributed by atoms with E-state index in [0.717, 1.165) is 15.3 Å². The van der Waals surface area contributed by atoms with Crippen molar-refractivity contribution in [3.05, 3.63) is 27.1 Å². The van der Waals surface area contributed by atoms with E-state index in [1.807, 2.05) is 27.7 Å². The Morgan fingerprint density at radius 1 is 1.44 bits per heavy atom. The molecule has 5 heteroatoms. The second kappa shape index (κ2) is 4.82. The van der Waals surface area contributed by atoms with Crippen molar-refractivity contribution >= 4 is 21.6 Å². The van der Waals surface area contributed by atoms with E-state index in [0.29, 0.717) is 5.39 Å². The lowest BCUT2D eigenvalue weighted by Gasteiger charge is -2.20. The quantitative estimate of drug-likeness (QED) is 0.927. The van der Waals surface area contributed by atoms with Crippen LogP contribution < -0.4 is 5.56 Å². The predicted octanol–water partition coefficient (Wildman–Crippen LogP) is 2.26. The zero-order chi connectivity index (χ0) is 13.4. The average Bonchev–Trinajstić information content (AvgIpc) is 2.59. The van der Waals surface area contributed by atoms with Crippen molar-refractivity contribution in [3.8, 4) is 0 Å². The lowest BCUT2D eigenvalue weighted by Crippen LogP contribution is -2.30. The monoisotopic (exact) mass is 266 g/mol. The van der Waals surface area contributed by atoms with Crippen LogP contribution in [-0.2, 0) is 0 Å². The predicted molar refractivity (Wildman–Crippen MR) is 74.3 cm³/mol. The molecule has 2 rings (SSSR count). The summed E-state index contributed by atoms with van der Waals surface area (Å²) < 4.78 is 1.56. The number of aromatic nitrogens is 2. The van der Waals surface area contributed by atoms with Crippen molar-refractivity contribution in [2.45, 2.75) is 33.7 Å². The molecule has 18 heavy (non-hydrogen) atoms. The highest BCUT2D eigenvalue weighted by molar-refractivity contribution is 7.18. The Morgan fingerprint density at radius 3 is 2.67 bits per heavy atom. The first-order valence-electron chi connectivity index (χ1n) is 6.05. The van der Waals surface area contributed by atoms with E-state index < -0.39 is 0 Å². The highest BCUT2D eigenvalue weighted by Crippen LogP contribution is 2.26. The number of rotatable bonds is 3. The van der Waals surface area contributed by atoms with Gasteiger partial charge in [0.25, 0.3) is 5.56 Å². The number of hydrogen-bond acceptors (Lipinski definition) is 4. The van der Waals surface area contributed by atoms with Gasteiger partial charge in [-0.05, 0) is 25.3 Å². The molecule has 2 aromatic heterocycles. The van der Waals surface area contributed by atoms with Gasteiger partial charge in [-0.1, -0.05) is 13.8 Å². The molecule has 0 radical (unpaired) electrons. The van der Waals surface area contributed by atoms with Crippen LogP contribution in [0.5, 0.6) is 0 Å². The molecule has 0 aliphatic heterocycles. The third kappa shape index (κ3) is 1.97. The van der Waals surface area contributed by atoms with Gasteiger partial charge < -0.3 is 5.11 Å². The van der Waals surface area contributed by atoms with Crippen molar-refractivity contribution in [1.82, 2.24) is 9.55 Å². The largest absolute Gasteiger partial charge is 0.394 e. The van der Waals surface area contributed by atoms with Crippen LogP contribution >= 0.6 is 11.3 Å².